The van der Waals surface area contributed by atoms with Gasteiger partial charge < -0.3 is 10.1 Å². The lowest BCUT2D eigenvalue weighted by Gasteiger charge is -2.06. The van der Waals surface area contributed by atoms with Crippen LogP contribution in [0.3, 0.4) is 0 Å². The molecule has 2 aromatic rings. The van der Waals surface area contributed by atoms with Crippen molar-refractivity contribution in [2.75, 3.05) is 12.4 Å². The van der Waals surface area contributed by atoms with Gasteiger partial charge in [0.15, 0.2) is 0 Å². The van der Waals surface area contributed by atoms with Gasteiger partial charge in [0.1, 0.15) is 5.75 Å². The summed E-state index contributed by atoms with van der Waals surface area (Å²) in [7, 11) is 1.54. The van der Waals surface area contributed by atoms with E-state index in [0.29, 0.717) is 16.5 Å². The number of amides is 1. The topological polar surface area (TPSA) is 51.2 Å². The van der Waals surface area contributed by atoms with Crippen molar-refractivity contribution in [3.63, 3.8) is 0 Å². The van der Waals surface area contributed by atoms with Crippen LogP contribution in [0.4, 0.5) is 5.69 Å². The molecular weight excluding hydrogens is 296 g/mol. The van der Waals surface area contributed by atoms with Crippen molar-refractivity contribution in [3.8, 4) is 5.75 Å². The molecule has 0 aliphatic rings. The SMILES string of the molecule is COc1ccc(NC(=O)/C=C/c2csc(C)n2)cc1Cl. The summed E-state index contributed by atoms with van der Waals surface area (Å²) in [4.78, 5) is 16.0. The summed E-state index contributed by atoms with van der Waals surface area (Å²) in [5, 5.41) is 6.03. The molecule has 0 aliphatic heterocycles. The summed E-state index contributed by atoms with van der Waals surface area (Å²) in [5.41, 5.74) is 1.38. The lowest BCUT2D eigenvalue weighted by molar-refractivity contribution is -0.111. The highest BCUT2D eigenvalue weighted by Gasteiger charge is 2.03. The molecular formula is C14H13ClN2O2S. The third-order valence-corrected chi connectivity index (χ3v) is 3.55. The summed E-state index contributed by atoms with van der Waals surface area (Å²) < 4.78 is 5.05. The third-order valence-electron chi connectivity index (χ3n) is 2.46. The molecule has 0 atom stereocenters. The Balaban J connectivity index is 2.01. The molecule has 6 heteroatoms. The fourth-order valence-corrected chi connectivity index (χ4v) is 2.38. The molecule has 0 bridgehead atoms. The Labute approximate surface area is 126 Å². The van der Waals surface area contributed by atoms with Gasteiger partial charge in [0.25, 0.3) is 0 Å². The van der Waals surface area contributed by atoms with Crippen LogP contribution in [0.2, 0.25) is 5.02 Å². The number of carbonyl (C=O) groups is 1. The number of nitrogens with zero attached hydrogens (tertiary/aromatic N) is 1. The fourth-order valence-electron chi connectivity index (χ4n) is 1.55. The number of hydrogen-bond acceptors (Lipinski definition) is 4. The average Bonchev–Trinajstić information content (AvgIpc) is 2.82. The monoisotopic (exact) mass is 308 g/mol. The van der Waals surface area contributed by atoms with E-state index in [9.17, 15) is 4.79 Å². The van der Waals surface area contributed by atoms with Gasteiger partial charge in [-0.3, -0.25) is 4.79 Å². The Kier molecular flexibility index (Phi) is 4.76. The largest absolute Gasteiger partial charge is 0.495 e. The molecule has 0 aliphatic carbocycles. The Morgan fingerprint density at radius 2 is 2.30 bits per heavy atom. The first-order chi connectivity index (χ1) is 9.58. The second-order valence-corrected chi connectivity index (χ2v) is 5.43. The van der Waals surface area contributed by atoms with E-state index in [1.807, 2.05) is 12.3 Å². The van der Waals surface area contributed by atoms with Crippen LogP contribution in [0.5, 0.6) is 5.75 Å². The standard InChI is InChI=1S/C14H13ClN2O2S/c1-9-16-11(8-20-9)4-6-14(18)17-10-3-5-13(19-2)12(15)7-10/h3-8H,1-2H3,(H,17,18)/b6-4+. The minimum atomic E-state index is -0.239. The van der Waals surface area contributed by atoms with Crippen molar-refractivity contribution in [1.29, 1.82) is 0 Å². The Morgan fingerprint density at radius 1 is 1.50 bits per heavy atom. The molecule has 0 unspecified atom stereocenters. The highest BCUT2D eigenvalue weighted by Crippen LogP contribution is 2.27. The van der Waals surface area contributed by atoms with Crippen molar-refractivity contribution in [2.24, 2.45) is 0 Å². The normalized spacial score (nSPS) is 10.8. The molecule has 20 heavy (non-hydrogen) atoms. The molecule has 1 heterocycles. The Bertz CT molecular complexity index is 652. The van der Waals surface area contributed by atoms with E-state index in [2.05, 4.69) is 10.3 Å². The van der Waals surface area contributed by atoms with Gasteiger partial charge in [-0.15, -0.1) is 11.3 Å². The number of methoxy groups -OCH3 is 1. The number of carbonyl (C=O) groups excluding carboxylic acids is 1. The first-order valence-electron chi connectivity index (χ1n) is 5.83. The minimum Gasteiger partial charge on any atom is -0.495 e. The minimum absolute atomic E-state index is 0.239. The molecule has 0 spiro atoms. The summed E-state index contributed by atoms with van der Waals surface area (Å²) in [6, 6.07) is 5.06. The molecule has 1 aromatic heterocycles. The van der Waals surface area contributed by atoms with E-state index >= 15 is 0 Å². The molecule has 1 amide bonds. The zero-order valence-electron chi connectivity index (χ0n) is 11.0. The predicted octanol–water partition coefficient (Wildman–Crippen LogP) is 3.77. The predicted molar refractivity (Wildman–Crippen MR) is 82.5 cm³/mol. The number of anilines is 1. The van der Waals surface area contributed by atoms with Gasteiger partial charge in [0, 0.05) is 17.1 Å². The first-order valence-corrected chi connectivity index (χ1v) is 7.09. The van der Waals surface area contributed by atoms with E-state index in [1.54, 1.807) is 35.6 Å². The molecule has 0 fully saturated rings. The van der Waals surface area contributed by atoms with Crippen LogP contribution < -0.4 is 10.1 Å². The number of ether oxygens (including phenoxy) is 1. The van der Waals surface area contributed by atoms with Crippen LogP contribution in [0, 0.1) is 6.92 Å². The number of halogens is 1. The summed E-state index contributed by atoms with van der Waals surface area (Å²) >= 11 is 7.53. The molecule has 0 radical (unpaired) electrons. The zero-order valence-corrected chi connectivity index (χ0v) is 12.6. The fraction of sp³-hybridized carbons (Fsp3) is 0.143. The molecule has 104 valence electrons. The maximum absolute atomic E-state index is 11.8. The van der Waals surface area contributed by atoms with Gasteiger partial charge in [-0.25, -0.2) is 4.98 Å². The van der Waals surface area contributed by atoms with E-state index in [4.69, 9.17) is 16.3 Å². The number of rotatable bonds is 4. The van der Waals surface area contributed by atoms with Crippen molar-refractivity contribution in [2.45, 2.75) is 6.92 Å². The maximum atomic E-state index is 11.8. The molecule has 0 saturated carbocycles. The van der Waals surface area contributed by atoms with Gasteiger partial charge in [-0.05, 0) is 31.2 Å². The number of aryl methyl sites for hydroxylation is 1. The number of nitrogens with one attached hydrogen (secondary N) is 1. The van der Waals surface area contributed by atoms with Crippen molar-refractivity contribution in [1.82, 2.24) is 4.98 Å². The second kappa shape index (κ2) is 6.54. The Morgan fingerprint density at radius 3 is 2.90 bits per heavy atom. The summed E-state index contributed by atoms with van der Waals surface area (Å²) in [6.07, 6.45) is 3.11. The highest BCUT2D eigenvalue weighted by atomic mass is 35.5. The van der Waals surface area contributed by atoms with Gasteiger partial charge >= 0.3 is 0 Å². The number of hydrogen-bond donors (Lipinski definition) is 1. The molecule has 2 rings (SSSR count). The quantitative estimate of drug-likeness (QED) is 0.875. The molecule has 0 saturated heterocycles. The van der Waals surface area contributed by atoms with Crippen molar-refractivity contribution >= 4 is 40.6 Å². The number of thiazole rings is 1. The van der Waals surface area contributed by atoms with Crippen LogP contribution in [-0.4, -0.2) is 18.0 Å². The second-order valence-electron chi connectivity index (χ2n) is 3.96. The first kappa shape index (κ1) is 14.6. The van der Waals surface area contributed by atoms with Crippen LogP contribution >= 0.6 is 22.9 Å². The van der Waals surface area contributed by atoms with E-state index < -0.39 is 0 Å². The number of aromatic nitrogens is 1. The lowest BCUT2D eigenvalue weighted by Crippen LogP contribution is -2.07. The molecule has 4 nitrogen and oxygen atoms in total. The lowest BCUT2D eigenvalue weighted by atomic mass is 10.3. The van der Waals surface area contributed by atoms with Gasteiger partial charge in [0.2, 0.25) is 5.91 Å². The number of benzene rings is 1. The van der Waals surface area contributed by atoms with E-state index in [0.717, 1.165) is 10.7 Å². The average molecular weight is 309 g/mol. The van der Waals surface area contributed by atoms with Crippen LogP contribution in [0.15, 0.2) is 29.7 Å². The zero-order chi connectivity index (χ0) is 14.5. The van der Waals surface area contributed by atoms with Gasteiger partial charge in [0.05, 0.1) is 22.8 Å². The third kappa shape index (κ3) is 3.82. The molecule has 1 aromatic carbocycles. The summed E-state index contributed by atoms with van der Waals surface area (Å²) in [5.74, 6) is 0.329. The smallest absolute Gasteiger partial charge is 0.248 e. The van der Waals surface area contributed by atoms with Crippen LogP contribution in [-0.2, 0) is 4.79 Å². The van der Waals surface area contributed by atoms with Gasteiger partial charge in [-0.2, -0.15) is 0 Å². The van der Waals surface area contributed by atoms with Crippen molar-refractivity contribution in [3.05, 3.63) is 45.4 Å². The maximum Gasteiger partial charge on any atom is 0.248 e. The van der Waals surface area contributed by atoms with Crippen molar-refractivity contribution < 1.29 is 9.53 Å². The van der Waals surface area contributed by atoms with E-state index in [1.165, 1.54) is 13.2 Å². The molecule has 1 N–H and O–H groups in total. The van der Waals surface area contributed by atoms with Crippen LogP contribution in [0.25, 0.3) is 6.08 Å². The Hall–Kier alpha value is -1.85. The van der Waals surface area contributed by atoms with E-state index in [-0.39, 0.29) is 5.91 Å². The summed E-state index contributed by atoms with van der Waals surface area (Å²) in [6.45, 7) is 1.92. The van der Waals surface area contributed by atoms with Crippen LogP contribution in [0.1, 0.15) is 10.7 Å². The highest BCUT2D eigenvalue weighted by molar-refractivity contribution is 7.09. The van der Waals surface area contributed by atoms with Gasteiger partial charge in [-0.1, -0.05) is 11.6 Å².